The number of hydrogen-bond donors (Lipinski definition) is 1. The molecular weight excluding hydrogens is 284 g/mol. The van der Waals surface area contributed by atoms with Crippen LogP contribution in [-0.4, -0.2) is 9.78 Å². The lowest BCUT2D eigenvalue weighted by Gasteiger charge is -2.04. The molecule has 0 radical (unpaired) electrons. The molecule has 0 aliphatic rings. The first-order valence-electron chi connectivity index (χ1n) is 6.28. The maximum Gasteiger partial charge on any atom is 0.101 e. The van der Waals surface area contributed by atoms with E-state index in [1.807, 2.05) is 30.5 Å². The zero-order chi connectivity index (χ0) is 14.8. The lowest BCUT2D eigenvalue weighted by atomic mass is 10.1. The quantitative estimate of drug-likeness (QED) is 0.734. The summed E-state index contributed by atoms with van der Waals surface area (Å²) in [5, 5.41) is 14.0. The van der Waals surface area contributed by atoms with Gasteiger partial charge in [0.1, 0.15) is 6.07 Å². The highest BCUT2D eigenvalue weighted by Crippen LogP contribution is 2.24. The molecule has 3 aromatic rings. The smallest absolute Gasteiger partial charge is 0.101 e. The number of rotatable bonds is 2. The molecule has 102 valence electrons. The average molecular weight is 295 g/mol. The number of hydrogen-bond acceptors (Lipinski definition) is 3. The molecule has 21 heavy (non-hydrogen) atoms. The predicted molar refractivity (Wildman–Crippen MR) is 83.1 cm³/mol. The van der Waals surface area contributed by atoms with E-state index >= 15 is 0 Å². The van der Waals surface area contributed by atoms with Crippen molar-refractivity contribution in [3.8, 4) is 22.9 Å². The van der Waals surface area contributed by atoms with E-state index in [9.17, 15) is 5.26 Å². The Labute approximate surface area is 127 Å². The summed E-state index contributed by atoms with van der Waals surface area (Å²) in [6.07, 6.45) is 3.60. The minimum atomic E-state index is 0.477. The van der Waals surface area contributed by atoms with Crippen molar-refractivity contribution in [3.63, 3.8) is 0 Å². The summed E-state index contributed by atoms with van der Waals surface area (Å²) in [5.74, 6) is 0. The third-order valence-corrected chi connectivity index (χ3v) is 3.36. The van der Waals surface area contributed by atoms with Crippen molar-refractivity contribution in [1.29, 1.82) is 5.26 Å². The lowest BCUT2D eigenvalue weighted by molar-refractivity contribution is 0.877. The van der Waals surface area contributed by atoms with Gasteiger partial charge in [0.15, 0.2) is 0 Å². The predicted octanol–water partition coefficient (Wildman–Crippen LogP) is 3.65. The van der Waals surface area contributed by atoms with Crippen molar-refractivity contribution < 1.29 is 0 Å². The molecule has 0 saturated heterocycles. The molecule has 0 saturated carbocycles. The Morgan fingerprint density at radius 1 is 1.14 bits per heavy atom. The first kappa shape index (κ1) is 13.2. The normalized spacial score (nSPS) is 10.3. The average Bonchev–Trinajstić information content (AvgIpc) is 2.96. The first-order chi connectivity index (χ1) is 10.2. The van der Waals surface area contributed by atoms with Crippen LogP contribution in [0.4, 0.5) is 5.69 Å². The molecule has 0 atom stereocenters. The van der Waals surface area contributed by atoms with E-state index < -0.39 is 0 Å². The van der Waals surface area contributed by atoms with E-state index in [-0.39, 0.29) is 0 Å². The Kier molecular flexibility index (Phi) is 3.35. The fraction of sp³-hybridized carbons (Fsp3) is 0. The number of nitrogen functional groups attached to an aromatic ring is 1. The largest absolute Gasteiger partial charge is 0.399 e. The van der Waals surface area contributed by atoms with Gasteiger partial charge in [-0.2, -0.15) is 10.4 Å². The van der Waals surface area contributed by atoms with Gasteiger partial charge in [0, 0.05) is 22.5 Å². The summed E-state index contributed by atoms with van der Waals surface area (Å²) in [4.78, 5) is 0. The van der Waals surface area contributed by atoms with Gasteiger partial charge in [-0.25, -0.2) is 4.68 Å². The van der Waals surface area contributed by atoms with Gasteiger partial charge < -0.3 is 5.73 Å². The molecule has 0 spiro atoms. The minimum absolute atomic E-state index is 0.477. The van der Waals surface area contributed by atoms with Crippen molar-refractivity contribution in [2.24, 2.45) is 0 Å². The van der Waals surface area contributed by atoms with E-state index in [1.165, 1.54) is 0 Å². The molecule has 1 aromatic heterocycles. The van der Waals surface area contributed by atoms with Gasteiger partial charge in [-0.3, -0.25) is 0 Å². The van der Waals surface area contributed by atoms with Crippen LogP contribution in [0.3, 0.4) is 0 Å². The van der Waals surface area contributed by atoms with Crippen molar-refractivity contribution in [2.45, 2.75) is 0 Å². The van der Waals surface area contributed by atoms with Crippen LogP contribution < -0.4 is 5.73 Å². The molecule has 2 aromatic carbocycles. The van der Waals surface area contributed by atoms with Gasteiger partial charge >= 0.3 is 0 Å². The number of nitrogens with two attached hydrogens (primary N) is 1. The number of aromatic nitrogens is 2. The summed E-state index contributed by atoms with van der Waals surface area (Å²) in [7, 11) is 0. The summed E-state index contributed by atoms with van der Waals surface area (Å²) in [6.45, 7) is 0. The SMILES string of the molecule is N#Cc1cc(Cl)ccc1-n1cc(-c2cccc(N)c2)cn1. The summed E-state index contributed by atoms with van der Waals surface area (Å²) < 4.78 is 1.66. The summed E-state index contributed by atoms with van der Waals surface area (Å²) >= 11 is 5.91. The molecule has 5 heteroatoms. The Morgan fingerprint density at radius 3 is 2.76 bits per heavy atom. The second-order valence-corrected chi connectivity index (χ2v) is 5.01. The molecule has 3 rings (SSSR count). The van der Waals surface area contributed by atoms with E-state index in [0.717, 1.165) is 11.1 Å². The van der Waals surface area contributed by atoms with Crippen LogP contribution in [0.1, 0.15) is 5.56 Å². The van der Waals surface area contributed by atoms with E-state index in [4.69, 9.17) is 17.3 Å². The third-order valence-electron chi connectivity index (χ3n) is 3.13. The second-order valence-electron chi connectivity index (χ2n) is 4.57. The van der Waals surface area contributed by atoms with Crippen molar-refractivity contribution in [2.75, 3.05) is 5.73 Å². The Balaban J connectivity index is 2.05. The highest BCUT2D eigenvalue weighted by atomic mass is 35.5. The molecule has 0 bridgehead atoms. The zero-order valence-electron chi connectivity index (χ0n) is 11.0. The number of benzene rings is 2. The lowest BCUT2D eigenvalue weighted by Crippen LogP contribution is -1.97. The molecule has 0 fully saturated rings. The molecule has 0 aliphatic carbocycles. The molecule has 4 nitrogen and oxygen atoms in total. The van der Waals surface area contributed by atoms with Crippen LogP contribution >= 0.6 is 11.6 Å². The van der Waals surface area contributed by atoms with Crippen molar-refractivity contribution in [1.82, 2.24) is 9.78 Å². The van der Waals surface area contributed by atoms with E-state index in [1.54, 1.807) is 29.1 Å². The van der Waals surface area contributed by atoms with Crippen LogP contribution in [0.5, 0.6) is 0 Å². The first-order valence-corrected chi connectivity index (χ1v) is 6.66. The molecular formula is C16H11ClN4. The Morgan fingerprint density at radius 2 is 2.00 bits per heavy atom. The molecule has 0 amide bonds. The van der Waals surface area contributed by atoms with Crippen LogP contribution in [0, 0.1) is 11.3 Å². The van der Waals surface area contributed by atoms with Gasteiger partial charge in [-0.05, 0) is 35.9 Å². The highest BCUT2D eigenvalue weighted by molar-refractivity contribution is 6.30. The standard InChI is InChI=1S/C16H11ClN4/c17-14-4-5-16(12(6-14)8-18)21-10-13(9-20-21)11-2-1-3-15(19)7-11/h1-7,9-10H,19H2. The summed E-state index contributed by atoms with van der Waals surface area (Å²) in [6, 6.07) is 14.8. The molecule has 0 aliphatic heterocycles. The van der Waals surface area contributed by atoms with Gasteiger partial charge in [-0.15, -0.1) is 0 Å². The van der Waals surface area contributed by atoms with Crippen LogP contribution in [-0.2, 0) is 0 Å². The Hall–Kier alpha value is -2.77. The van der Waals surface area contributed by atoms with Gasteiger partial charge in [0.25, 0.3) is 0 Å². The molecule has 0 unspecified atom stereocenters. The van der Waals surface area contributed by atoms with Crippen molar-refractivity contribution >= 4 is 17.3 Å². The van der Waals surface area contributed by atoms with Crippen LogP contribution in [0.15, 0.2) is 54.9 Å². The minimum Gasteiger partial charge on any atom is -0.399 e. The Bertz CT molecular complexity index is 845. The topological polar surface area (TPSA) is 67.6 Å². The van der Waals surface area contributed by atoms with Gasteiger partial charge in [-0.1, -0.05) is 23.7 Å². The maximum atomic E-state index is 9.20. The monoisotopic (exact) mass is 294 g/mol. The fourth-order valence-electron chi connectivity index (χ4n) is 2.12. The molecule has 1 heterocycles. The van der Waals surface area contributed by atoms with Crippen LogP contribution in [0.2, 0.25) is 5.02 Å². The number of anilines is 1. The second kappa shape index (κ2) is 5.31. The third kappa shape index (κ3) is 2.60. The zero-order valence-corrected chi connectivity index (χ0v) is 11.7. The number of nitriles is 1. The van der Waals surface area contributed by atoms with E-state index in [0.29, 0.717) is 22.0 Å². The van der Waals surface area contributed by atoms with Gasteiger partial charge in [0.2, 0.25) is 0 Å². The number of halogens is 1. The molecule has 2 N–H and O–H groups in total. The van der Waals surface area contributed by atoms with Crippen molar-refractivity contribution in [3.05, 3.63) is 65.4 Å². The number of nitrogens with zero attached hydrogens (tertiary/aromatic N) is 3. The fourth-order valence-corrected chi connectivity index (χ4v) is 2.29. The van der Waals surface area contributed by atoms with E-state index in [2.05, 4.69) is 11.2 Å². The maximum absolute atomic E-state index is 9.20. The summed E-state index contributed by atoms with van der Waals surface area (Å²) in [5.41, 5.74) is 9.57. The van der Waals surface area contributed by atoms with Crippen LogP contribution in [0.25, 0.3) is 16.8 Å². The highest BCUT2D eigenvalue weighted by Gasteiger charge is 2.08. The van der Waals surface area contributed by atoms with Gasteiger partial charge in [0.05, 0.1) is 17.4 Å².